The number of nitrogens with one attached hydrogen (secondary N) is 1. The van der Waals surface area contributed by atoms with E-state index in [0.29, 0.717) is 0 Å². The standard InChI is InChI=1S/C19H33N2/c1-5-21(6-2,11-7-10-20-19-8-9-19)15-18-13-16(3)12-17(4)14-18/h12-14,19-20H,5-11,15H2,1-4H3/q+1. The minimum Gasteiger partial charge on any atom is -0.320 e. The van der Waals surface area contributed by atoms with Crippen molar-refractivity contribution in [2.75, 3.05) is 26.2 Å². The fourth-order valence-corrected chi connectivity index (χ4v) is 3.40. The number of hydrogen-bond donors (Lipinski definition) is 1. The summed E-state index contributed by atoms with van der Waals surface area (Å²) in [5.74, 6) is 0. The lowest BCUT2D eigenvalue weighted by Crippen LogP contribution is -2.48. The number of nitrogens with zero attached hydrogens (tertiary/aromatic N) is 1. The number of hydrogen-bond acceptors (Lipinski definition) is 1. The average molecular weight is 289 g/mol. The van der Waals surface area contributed by atoms with Crippen LogP contribution in [0.5, 0.6) is 0 Å². The van der Waals surface area contributed by atoms with Crippen LogP contribution in [0.3, 0.4) is 0 Å². The third-order valence-corrected chi connectivity index (χ3v) is 4.96. The first-order valence-electron chi connectivity index (χ1n) is 8.72. The second kappa shape index (κ2) is 7.42. The van der Waals surface area contributed by atoms with Crippen LogP contribution in [0, 0.1) is 13.8 Å². The number of aryl methyl sites for hydroxylation is 2. The van der Waals surface area contributed by atoms with E-state index in [2.05, 4.69) is 51.2 Å². The molecule has 0 spiro atoms. The van der Waals surface area contributed by atoms with Crippen LogP contribution in [0.1, 0.15) is 49.8 Å². The highest BCUT2D eigenvalue weighted by Crippen LogP contribution is 2.20. The molecule has 1 saturated carbocycles. The van der Waals surface area contributed by atoms with Gasteiger partial charge in [0.15, 0.2) is 0 Å². The molecule has 0 radical (unpaired) electrons. The van der Waals surface area contributed by atoms with Crippen molar-refractivity contribution in [3.8, 4) is 0 Å². The minimum atomic E-state index is 0.842. The first kappa shape index (κ1) is 16.5. The van der Waals surface area contributed by atoms with Gasteiger partial charge in [-0.1, -0.05) is 29.3 Å². The maximum absolute atomic E-state index is 3.65. The van der Waals surface area contributed by atoms with E-state index >= 15 is 0 Å². The van der Waals surface area contributed by atoms with Crippen LogP contribution >= 0.6 is 0 Å². The van der Waals surface area contributed by atoms with E-state index in [1.54, 1.807) is 0 Å². The molecule has 0 heterocycles. The minimum absolute atomic E-state index is 0.842. The summed E-state index contributed by atoms with van der Waals surface area (Å²) in [6, 6.07) is 7.85. The van der Waals surface area contributed by atoms with Crippen LogP contribution in [-0.4, -0.2) is 36.7 Å². The summed E-state index contributed by atoms with van der Waals surface area (Å²) >= 11 is 0. The molecule has 0 saturated heterocycles. The van der Waals surface area contributed by atoms with Crippen LogP contribution in [0.2, 0.25) is 0 Å². The molecular weight excluding hydrogens is 256 g/mol. The molecule has 2 nitrogen and oxygen atoms in total. The molecule has 118 valence electrons. The number of quaternary nitrogens is 1. The molecule has 1 aliphatic rings. The first-order valence-corrected chi connectivity index (χ1v) is 8.72. The molecule has 2 rings (SSSR count). The summed E-state index contributed by atoms with van der Waals surface area (Å²) in [6.45, 7) is 15.2. The molecule has 0 atom stereocenters. The number of benzene rings is 1. The Hall–Kier alpha value is -0.860. The lowest BCUT2D eigenvalue weighted by Gasteiger charge is -2.37. The molecule has 1 aromatic carbocycles. The molecule has 1 fully saturated rings. The molecule has 0 amide bonds. The molecule has 0 bridgehead atoms. The molecule has 2 heteroatoms. The Labute approximate surface area is 131 Å². The summed E-state index contributed by atoms with van der Waals surface area (Å²) in [5, 5.41) is 3.65. The average Bonchev–Trinajstić information content (AvgIpc) is 3.25. The van der Waals surface area contributed by atoms with E-state index in [0.717, 1.165) is 6.04 Å². The van der Waals surface area contributed by atoms with E-state index in [9.17, 15) is 0 Å². The van der Waals surface area contributed by atoms with Crippen molar-refractivity contribution >= 4 is 0 Å². The third-order valence-electron chi connectivity index (χ3n) is 4.96. The van der Waals surface area contributed by atoms with Crippen molar-refractivity contribution in [1.29, 1.82) is 0 Å². The van der Waals surface area contributed by atoms with E-state index in [-0.39, 0.29) is 0 Å². The van der Waals surface area contributed by atoms with Crippen LogP contribution in [0.4, 0.5) is 0 Å². The van der Waals surface area contributed by atoms with E-state index in [1.807, 2.05) is 0 Å². The SMILES string of the molecule is CC[N+](CC)(CCCNC1CC1)Cc1cc(C)cc(C)c1. The van der Waals surface area contributed by atoms with Crippen LogP contribution in [0.15, 0.2) is 18.2 Å². The zero-order chi connectivity index (χ0) is 15.3. The molecular formula is C19H33N2+. The maximum atomic E-state index is 3.65. The van der Waals surface area contributed by atoms with Gasteiger partial charge in [-0.25, -0.2) is 0 Å². The van der Waals surface area contributed by atoms with Crippen LogP contribution in [0.25, 0.3) is 0 Å². The highest BCUT2D eigenvalue weighted by Gasteiger charge is 2.24. The molecule has 1 N–H and O–H groups in total. The van der Waals surface area contributed by atoms with Gasteiger partial charge < -0.3 is 9.80 Å². The predicted octanol–water partition coefficient (Wildman–Crippen LogP) is 3.80. The van der Waals surface area contributed by atoms with Crippen LogP contribution in [-0.2, 0) is 6.54 Å². The van der Waals surface area contributed by atoms with Gasteiger partial charge in [0.05, 0.1) is 19.6 Å². The summed E-state index contributed by atoms with van der Waals surface area (Å²) in [6.07, 6.45) is 4.08. The smallest absolute Gasteiger partial charge is 0.104 e. The maximum Gasteiger partial charge on any atom is 0.104 e. The van der Waals surface area contributed by atoms with Gasteiger partial charge in [0.25, 0.3) is 0 Å². The zero-order valence-electron chi connectivity index (χ0n) is 14.4. The van der Waals surface area contributed by atoms with Gasteiger partial charge in [-0.2, -0.15) is 0 Å². The fraction of sp³-hybridized carbons (Fsp3) is 0.684. The van der Waals surface area contributed by atoms with Gasteiger partial charge >= 0.3 is 0 Å². The lowest BCUT2D eigenvalue weighted by atomic mass is 10.1. The van der Waals surface area contributed by atoms with Crippen LogP contribution < -0.4 is 5.32 Å². The van der Waals surface area contributed by atoms with E-state index in [1.165, 1.54) is 73.2 Å². The Balaban J connectivity index is 1.94. The third kappa shape index (κ3) is 5.12. The highest BCUT2D eigenvalue weighted by molar-refractivity contribution is 5.28. The molecule has 0 aliphatic heterocycles. The molecule has 1 aliphatic carbocycles. The summed E-state index contributed by atoms with van der Waals surface area (Å²) in [4.78, 5) is 0. The Morgan fingerprint density at radius 1 is 1.05 bits per heavy atom. The number of rotatable bonds is 9. The van der Waals surface area contributed by atoms with Crippen molar-refractivity contribution in [3.05, 3.63) is 34.9 Å². The highest BCUT2D eigenvalue weighted by atomic mass is 15.3. The van der Waals surface area contributed by atoms with Gasteiger partial charge in [0.1, 0.15) is 6.54 Å². The fourth-order valence-electron chi connectivity index (χ4n) is 3.40. The molecule has 0 aromatic heterocycles. The second-order valence-electron chi connectivity index (χ2n) is 6.93. The van der Waals surface area contributed by atoms with Gasteiger partial charge in [0, 0.05) is 24.6 Å². The molecule has 0 unspecified atom stereocenters. The van der Waals surface area contributed by atoms with Crippen molar-refractivity contribution in [1.82, 2.24) is 5.32 Å². The van der Waals surface area contributed by atoms with Gasteiger partial charge in [0.2, 0.25) is 0 Å². The van der Waals surface area contributed by atoms with Gasteiger partial charge in [-0.3, -0.25) is 0 Å². The summed E-state index contributed by atoms with van der Waals surface area (Å²) in [7, 11) is 0. The lowest BCUT2D eigenvalue weighted by molar-refractivity contribution is -0.937. The quantitative estimate of drug-likeness (QED) is 0.538. The van der Waals surface area contributed by atoms with Gasteiger partial charge in [-0.05, 0) is 40.5 Å². The Morgan fingerprint density at radius 2 is 1.67 bits per heavy atom. The molecule has 1 aromatic rings. The van der Waals surface area contributed by atoms with E-state index in [4.69, 9.17) is 0 Å². The largest absolute Gasteiger partial charge is 0.320 e. The molecule has 21 heavy (non-hydrogen) atoms. The predicted molar refractivity (Wildman–Crippen MR) is 91.5 cm³/mol. The van der Waals surface area contributed by atoms with E-state index < -0.39 is 0 Å². The van der Waals surface area contributed by atoms with Crippen molar-refractivity contribution in [3.63, 3.8) is 0 Å². The Kier molecular flexibility index (Phi) is 5.83. The van der Waals surface area contributed by atoms with Crippen molar-refractivity contribution in [2.45, 2.75) is 59.5 Å². The Morgan fingerprint density at radius 3 is 2.19 bits per heavy atom. The Bertz CT molecular complexity index is 425. The van der Waals surface area contributed by atoms with Crippen molar-refractivity contribution in [2.24, 2.45) is 0 Å². The summed E-state index contributed by atoms with van der Waals surface area (Å²) in [5.41, 5.74) is 4.29. The summed E-state index contributed by atoms with van der Waals surface area (Å²) < 4.78 is 1.22. The monoisotopic (exact) mass is 289 g/mol. The topological polar surface area (TPSA) is 12.0 Å². The van der Waals surface area contributed by atoms with Crippen molar-refractivity contribution < 1.29 is 4.48 Å². The first-order chi connectivity index (χ1) is 10.1. The zero-order valence-corrected chi connectivity index (χ0v) is 14.4. The van der Waals surface area contributed by atoms with Gasteiger partial charge in [-0.15, -0.1) is 0 Å². The second-order valence-corrected chi connectivity index (χ2v) is 6.93. The normalized spacial score (nSPS) is 15.4.